The van der Waals surface area contributed by atoms with Crippen molar-refractivity contribution in [3.05, 3.63) is 5.82 Å². The molecule has 2 atom stereocenters. The van der Waals surface area contributed by atoms with Crippen molar-refractivity contribution in [2.75, 3.05) is 6.54 Å². The van der Waals surface area contributed by atoms with Crippen molar-refractivity contribution in [3.8, 4) is 0 Å². The molecular weight excluding hydrogens is 244 g/mol. The maximum atomic E-state index is 12.4. The van der Waals surface area contributed by atoms with Gasteiger partial charge in [-0.05, 0) is 37.3 Å². The maximum absolute atomic E-state index is 12.4. The minimum Gasteiger partial charge on any atom is -0.333 e. The van der Waals surface area contributed by atoms with Crippen LogP contribution in [0.1, 0.15) is 49.6 Å². The minimum absolute atomic E-state index is 0.0955. The number of hydrogen-bond donors (Lipinski definition) is 2. The average Bonchev–Trinajstić information content (AvgIpc) is 3.05. The van der Waals surface area contributed by atoms with Gasteiger partial charge >= 0.3 is 0 Å². The molecule has 2 N–H and O–H groups in total. The lowest BCUT2D eigenvalue weighted by Crippen LogP contribution is -2.50. The number of tetrazole rings is 1. The van der Waals surface area contributed by atoms with E-state index in [2.05, 4.69) is 32.9 Å². The molecule has 1 aromatic rings. The number of rotatable bonds is 4. The van der Waals surface area contributed by atoms with Gasteiger partial charge in [-0.25, -0.2) is 0 Å². The third kappa shape index (κ3) is 2.47. The summed E-state index contributed by atoms with van der Waals surface area (Å²) in [6.45, 7) is 2.85. The molecule has 0 radical (unpaired) electrons. The van der Waals surface area contributed by atoms with Gasteiger partial charge in [-0.1, -0.05) is 6.92 Å². The monoisotopic (exact) mass is 264 g/mol. The number of aromatic amines is 1. The van der Waals surface area contributed by atoms with Crippen LogP contribution in [0.5, 0.6) is 0 Å². The highest BCUT2D eigenvalue weighted by atomic mass is 16.2. The summed E-state index contributed by atoms with van der Waals surface area (Å²) >= 11 is 0. The van der Waals surface area contributed by atoms with Crippen LogP contribution in [0.25, 0.3) is 0 Å². The Bertz CT molecular complexity index is 421. The van der Waals surface area contributed by atoms with Crippen LogP contribution in [-0.2, 0) is 0 Å². The van der Waals surface area contributed by atoms with E-state index in [4.69, 9.17) is 0 Å². The summed E-state index contributed by atoms with van der Waals surface area (Å²) in [5, 5.41) is 17.1. The fourth-order valence-corrected chi connectivity index (χ4v) is 3.35. The number of fused-ring (bicyclic) bond motifs is 2. The lowest BCUT2D eigenvalue weighted by atomic mass is 9.97. The van der Waals surface area contributed by atoms with Crippen molar-refractivity contribution < 1.29 is 4.79 Å². The molecule has 0 saturated carbocycles. The zero-order valence-electron chi connectivity index (χ0n) is 11.2. The number of carbonyl (C=O) groups is 1. The molecule has 7 nitrogen and oxygen atoms in total. The molecule has 1 amide bonds. The Labute approximate surface area is 112 Å². The highest BCUT2D eigenvalue weighted by Gasteiger charge is 2.38. The molecular formula is C12H20N6O. The van der Waals surface area contributed by atoms with Gasteiger partial charge in [0.15, 0.2) is 0 Å². The van der Waals surface area contributed by atoms with Gasteiger partial charge in [-0.3, -0.25) is 4.79 Å². The Morgan fingerprint density at radius 1 is 1.37 bits per heavy atom. The third-order valence-corrected chi connectivity index (χ3v) is 4.15. The molecule has 7 heteroatoms. The molecule has 2 bridgehead atoms. The number of amides is 1. The Morgan fingerprint density at radius 3 is 2.68 bits per heavy atom. The van der Waals surface area contributed by atoms with Crippen LogP contribution in [0.4, 0.5) is 0 Å². The van der Waals surface area contributed by atoms with Crippen LogP contribution in [-0.4, -0.2) is 56.1 Å². The average molecular weight is 264 g/mol. The second-order valence-electron chi connectivity index (χ2n) is 5.50. The number of nitrogens with zero attached hydrogens (tertiary/aromatic N) is 4. The molecule has 2 fully saturated rings. The number of carbonyl (C=O) groups excluding carboxylic acids is 1. The fourth-order valence-electron chi connectivity index (χ4n) is 3.35. The second-order valence-corrected chi connectivity index (χ2v) is 5.50. The van der Waals surface area contributed by atoms with E-state index in [0.29, 0.717) is 18.1 Å². The van der Waals surface area contributed by atoms with E-state index in [9.17, 15) is 4.79 Å². The third-order valence-electron chi connectivity index (χ3n) is 4.15. The summed E-state index contributed by atoms with van der Waals surface area (Å²) in [7, 11) is 0. The van der Waals surface area contributed by atoms with Gasteiger partial charge < -0.3 is 10.2 Å². The first kappa shape index (κ1) is 12.5. The summed E-state index contributed by atoms with van der Waals surface area (Å²) in [5.41, 5.74) is 0. The first-order chi connectivity index (χ1) is 9.28. The summed E-state index contributed by atoms with van der Waals surface area (Å²) in [6.07, 6.45) is 5.50. The Balaban J connectivity index is 1.75. The van der Waals surface area contributed by atoms with Crippen LogP contribution < -0.4 is 5.32 Å². The van der Waals surface area contributed by atoms with Gasteiger partial charge in [0.1, 0.15) is 0 Å². The van der Waals surface area contributed by atoms with Crippen molar-refractivity contribution in [2.45, 2.75) is 57.2 Å². The minimum atomic E-state index is -0.0955. The van der Waals surface area contributed by atoms with Gasteiger partial charge in [-0.15, -0.1) is 10.2 Å². The summed E-state index contributed by atoms with van der Waals surface area (Å²) < 4.78 is 0. The topological polar surface area (TPSA) is 86.8 Å². The van der Waals surface area contributed by atoms with Crippen LogP contribution in [0.15, 0.2) is 0 Å². The Morgan fingerprint density at radius 2 is 2.11 bits per heavy atom. The molecule has 19 heavy (non-hydrogen) atoms. The van der Waals surface area contributed by atoms with Crippen LogP contribution >= 0.6 is 0 Å². The van der Waals surface area contributed by atoms with Crippen molar-refractivity contribution in [1.29, 1.82) is 0 Å². The van der Waals surface area contributed by atoms with E-state index in [1.54, 1.807) is 0 Å². The second kappa shape index (κ2) is 5.24. The maximum Gasteiger partial charge on any atom is 0.295 e. The number of piperidine rings is 1. The van der Waals surface area contributed by atoms with Crippen molar-refractivity contribution in [3.63, 3.8) is 0 Å². The van der Waals surface area contributed by atoms with Gasteiger partial charge in [-0.2, -0.15) is 5.21 Å². The number of hydrogen-bond acceptors (Lipinski definition) is 5. The zero-order chi connectivity index (χ0) is 13.2. The molecule has 3 rings (SSSR count). The highest BCUT2D eigenvalue weighted by molar-refractivity contribution is 5.90. The molecule has 0 aromatic carbocycles. The van der Waals surface area contributed by atoms with E-state index >= 15 is 0 Å². The highest BCUT2D eigenvalue weighted by Crippen LogP contribution is 2.30. The van der Waals surface area contributed by atoms with E-state index in [1.165, 1.54) is 12.8 Å². The molecule has 104 valence electrons. The van der Waals surface area contributed by atoms with Crippen LogP contribution in [0.3, 0.4) is 0 Å². The van der Waals surface area contributed by atoms with Crippen LogP contribution in [0, 0.1) is 0 Å². The summed E-state index contributed by atoms with van der Waals surface area (Å²) in [4.78, 5) is 14.4. The molecule has 3 heterocycles. The Kier molecular flexibility index (Phi) is 3.46. The number of nitrogens with one attached hydrogen (secondary N) is 2. The molecule has 2 unspecified atom stereocenters. The Hall–Kier alpha value is -1.50. The van der Waals surface area contributed by atoms with E-state index < -0.39 is 0 Å². The standard InChI is InChI=1S/C12H20N6O/c1-2-5-18(12(19)11-14-16-17-15-11)10-6-8-3-4-9(7-10)13-8/h8-10,13H,2-7H2,1H3,(H,14,15,16,17). The smallest absolute Gasteiger partial charge is 0.295 e. The molecule has 2 aliphatic rings. The van der Waals surface area contributed by atoms with Crippen molar-refractivity contribution in [2.24, 2.45) is 0 Å². The number of H-pyrrole nitrogens is 1. The fraction of sp³-hybridized carbons (Fsp3) is 0.833. The predicted molar refractivity (Wildman–Crippen MR) is 68.5 cm³/mol. The van der Waals surface area contributed by atoms with Gasteiger partial charge in [0.2, 0.25) is 0 Å². The lowest BCUT2D eigenvalue weighted by molar-refractivity contribution is 0.0604. The quantitative estimate of drug-likeness (QED) is 0.818. The molecule has 1 aromatic heterocycles. The van der Waals surface area contributed by atoms with Gasteiger partial charge in [0.05, 0.1) is 0 Å². The first-order valence-electron chi connectivity index (χ1n) is 7.08. The molecule has 0 spiro atoms. The zero-order valence-corrected chi connectivity index (χ0v) is 11.2. The van der Waals surface area contributed by atoms with Crippen LogP contribution in [0.2, 0.25) is 0 Å². The SMILES string of the molecule is CCCN(C(=O)c1nn[nH]n1)C1CC2CCC(C1)N2. The largest absolute Gasteiger partial charge is 0.333 e. The summed E-state index contributed by atoms with van der Waals surface area (Å²) in [5.74, 6) is 0.0845. The lowest BCUT2D eigenvalue weighted by Gasteiger charge is -2.37. The van der Waals surface area contributed by atoms with Gasteiger partial charge in [0, 0.05) is 24.7 Å². The van der Waals surface area contributed by atoms with Gasteiger partial charge in [0.25, 0.3) is 11.7 Å². The van der Waals surface area contributed by atoms with E-state index in [-0.39, 0.29) is 11.7 Å². The normalized spacial score (nSPS) is 29.4. The molecule has 0 aliphatic carbocycles. The first-order valence-corrected chi connectivity index (χ1v) is 7.08. The summed E-state index contributed by atoms with van der Waals surface area (Å²) in [6, 6.07) is 1.45. The van der Waals surface area contributed by atoms with E-state index in [1.807, 2.05) is 4.90 Å². The van der Waals surface area contributed by atoms with Crippen molar-refractivity contribution >= 4 is 5.91 Å². The predicted octanol–water partition coefficient (Wildman–Crippen LogP) is 0.335. The number of aromatic nitrogens is 4. The molecule has 2 aliphatic heterocycles. The molecule has 2 saturated heterocycles. The van der Waals surface area contributed by atoms with Crippen molar-refractivity contribution in [1.82, 2.24) is 30.8 Å². The van der Waals surface area contributed by atoms with E-state index in [0.717, 1.165) is 25.8 Å².